The van der Waals surface area contributed by atoms with Crippen molar-refractivity contribution in [2.45, 2.75) is 39.7 Å². The fourth-order valence-electron chi connectivity index (χ4n) is 1.81. The molecule has 0 radical (unpaired) electrons. The number of nitrogen functional groups attached to an aromatic ring is 1. The van der Waals surface area contributed by atoms with Gasteiger partial charge in [0.25, 0.3) is 0 Å². The maximum absolute atomic E-state index is 12.9. The largest absolute Gasteiger partial charge is 1.00 e. The van der Waals surface area contributed by atoms with Crippen molar-refractivity contribution in [1.29, 1.82) is 0 Å². The second-order valence-electron chi connectivity index (χ2n) is 5.74. The van der Waals surface area contributed by atoms with Crippen LogP contribution in [0.2, 0.25) is 0 Å². The van der Waals surface area contributed by atoms with Crippen LogP contribution >= 0.6 is 0 Å². The third-order valence-electron chi connectivity index (χ3n) is 2.67. The third kappa shape index (κ3) is 6.73. The summed E-state index contributed by atoms with van der Waals surface area (Å²) >= 11 is 0. The summed E-state index contributed by atoms with van der Waals surface area (Å²) in [5.74, 6) is -0.582. The smallest absolute Gasteiger partial charge is 0.460 e. The van der Waals surface area contributed by atoms with Crippen molar-refractivity contribution in [2.24, 2.45) is 0 Å². The second kappa shape index (κ2) is 7.50. The number of esters is 1. The van der Waals surface area contributed by atoms with Gasteiger partial charge in [-0.25, -0.2) is 0 Å². The van der Waals surface area contributed by atoms with Gasteiger partial charge in [-0.2, -0.15) is 0 Å². The van der Waals surface area contributed by atoms with Crippen molar-refractivity contribution in [3.8, 4) is 0 Å². The second-order valence-corrected chi connectivity index (χ2v) is 5.74. The van der Waals surface area contributed by atoms with Crippen molar-refractivity contribution >= 4 is 24.1 Å². The molecular formula is C13H18BF3KNO2. The third-order valence-corrected chi connectivity index (χ3v) is 2.67. The maximum Gasteiger partial charge on any atom is 1.00 e. The van der Waals surface area contributed by atoms with Crippen molar-refractivity contribution in [1.82, 2.24) is 0 Å². The van der Waals surface area contributed by atoms with Gasteiger partial charge in [-0.3, -0.25) is 4.79 Å². The number of ether oxygens (including phenoxy) is 1. The van der Waals surface area contributed by atoms with E-state index in [1.54, 1.807) is 20.8 Å². The molecule has 0 aliphatic rings. The SMILES string of the molecule is Cc1c(N)cc(CC(=O)OC(C)(C)C)cc1[B-](F)(F)F.[K+]. The van der Waals surface area contributed by atoms with Crippen LogP contribution in [0.25, 0.3) is 0 Å². The fourth-order valence-corrected chi connectivity index (χ4v) is 1.81. The zero-order valence-electron chi connectivity index (χ0n) is 13.0. The average Bonchev–Trinajstić information content (AvgIpc) is 2.18. The molecule has 1 aromatic carbocycles. The van der Waals surface area contributed by atoms with Gasteiger partial charge in [0.05, 0.1) is 6.42 Å². The standard InChI is InChI=1S/C13H18BF3NO2.K/c1-8-10(14(15,16)17)5-9(6-11(8)18)7-12(19)20-13(2,3)4;/h5-6H,7,18H2,1-4H3;/q-1;+1. The molecule has 1 aromatic rings. The molecule has 3 nitrogen and oxygen atoms in total. The molecule has 8 heteroatoms. The minimum absolute atomic E-state index is 0. The van der Waals surface area contributed by atoms with Crippen molar-refractivity contribution in [3.05, 3.63) is 23.3 Å². The Kier molecular flexibility index (Phi) is 7.49. The number of benzene rings is 1. The molecule has 0 spiro atoms. The van der Waals surface area contributed by atoms with Crippen LogP contribution in [0.1, 0.15) is 31.9 Å². The van der Waals surface area contributed by atoms with E-state index < -0.39 is 24.0 Å². The first kappa shape index (κ1) is 21.0. The van der Waals surface area contributed by atoms with E-state index in [1.807, 2.05) is 0 Å². The van der Waals surface area contributed by atoms with E-state index in [2.05, 4.69) is 0 Å². The number of carbonyl (C=O) groups is 1. The van der Waals surface area contributed by atoms with Crippen LogP contribution in [-0.4, -0.2) is 18.5 Å². The van der Waals surface area contributed by atoms with Gasteiger partial charge in [-0.15, -0.1) is 5.46 Å². The first-order valence-electron chi connectivity index (χ1n) is 6.21. The number of nitrogens with two attached hydrogens (primary N) is 1. The summed E-state index contributed by atoms with van der Waals surface area (Å²) in [6, 6.07) is 2.35. The summed E-state index contributed by atoms with van der Waals surface area (Å²) in [5.41, 5.74) is 4.37. The van der Waals surface area contributed by atoms with Crippen LogP contribution in [-0.2, 0) is 16.0 Å². The summed E-state index contributed by atoms with van der Waals surface area (Å²) in [4.78, 5) is 11.6. The number of anilines is 1. The zero-order chi connectivity index (χ0) is 15.7. The topological polar surface area (TPSA) is 52.3 Å². The van der Waals surface area contributed by atoms with Crippen LogP contribution in [0.4, 0.5) is 18.6 Å². The average molecular weight is 327 g/mol. The molecule has 0 aliphatic heterocycles. The quantitative estimate of drug-likeness (QED) is 0.464. The normalized spacial score (nSPS) is 11.8. The Morgan fingerprint density at radius 1 is 1.29 bits per heavy atom. The number of rotatable bonds is 3. The minimum atomic E-state index is -5.16. The summed E-state index contributed by atoms with van der Waals surface area (Å²) in [6.07, 6.45) is -0.235. The summed E-state index contributed by atoms with van der Waals surface area (Å²) < 4.78 is 43.8. The van der Waals surface area contributed by atoms with Gasteiger partial charge in [0.1, 0.15) is 5.60 Å². The first-order chi connectivity index (χ1) is 8.90. The first-order valence-corrected chi connectivity index (χ1v) is 6.21. The van der Waals surface area contributed by atoms with Gasteiger partial charge in [0.15, 0.2) is 0 Å². The maximum atomic E-state index is 12.9. The number of carbonyl (C=O) groups excluding carboxylic acids is 1. The summed E-state index contributed by atoms with van der Waals surface area (Å²) in [5, 5.41) is 0. The Labute approximate surface area is 165 Å². The van der Waals surface area contributed by atoms with Crippen LogP contribution in [0.5, 0.6) is 0 Å². The van der Waals surface area contributed by atoms with Crippen LogP contribution < -0.4 is 62.6 Å². The zero-order valence-corrected chi connectivity index (χ0v) is 16.1. The van der Waals surface area contributed by atoms with E-state index in [-0.39, 0.29) is 74.6 Å². The van der Waals surface area contributed by atoms with Gasteiger partial charge in [-0.05, 0) is 39.3 Å². The predicted octanol–water partition coefficient (Wildman–Crippen LogP) is -0.480. The molecule has 112 valence electrons. The molecule has 0 amide bonds. The van der Waals surface area contributed by atoms with E-state index in [0.29, 0.717) is 0 Å². The Morgan fingerprint density at radius 3 is 2.24 bits per heavy atom. The predicted molar refractivity (Wildman–Crippen MR) is 73.9 cm³/mol. The number of hydrogen-bond donors (Lipinski definition) is 1. The molecule has 0 atom stereocenters. The van der Waals surface area contributed by atoms with E-state index >= 15 is 0 Å². The number of hydrogen-bond acceptors (Lipinski definition) is 3. The van der Waals surface area contributed by atoms with Gasteiger partial charge >= 0.3 is 64.3 Å². The Morgan fingerprint density at radius 2 is 1.81 bits per heavy atom. The van der Waals surface area contributed by atoms with Gasteiger partial charge in [0.2, 0.25) is 0 Å². The Balaban J connectivity index is 0.00000400. The van der Waals surface area contributed by atoms with Crippen molar-refractivity contribution in [2.75, 3.05) is 5.73 Å². The molecule has 0 bridgehead atoms. The molecule has 0 saturated heterocycles. The molecule has 2 N–H and O–H groups in total. The van der Waals surface area contributed by atoms with Gasteiger partial charge in [-0.1, -0.05) is 11.6 Å². The number of halogens is 3. The molecule has 0 fully saturated rings. The molecule has 0 heterocycles. The minimum Gasteiger partial charge on any atom is -0.460 e. The van der Waals surface area contributed by atoms with Crippen LogP contribution in [0.3, 0.4) is 0 Å². The summed E-state index contributed by atoms with van der Waals surface area (Å²) in [7, 11) is 0. The van der Waals surface area contributed by atoms with Crippen LogP contribution in [0, 0.1) is 6.92 Å². The monoisotopic (exact) mass is 327 g/mol. The van der Waals surface area contributed by atoms with E-state index in [9.17, 15) is 17.7 Å². The molecule has 0 aromatic heterocycles. The molecular weight excluding hydrogens is 309 g/mol. The summed E-state index contributed by atoms with van der Waals surface area (Å²) in [6.45, 7) is 1.24. The van der Waals surface area contributed by atoms with E-state index in [4.69, 9.17) is 10.5 Å². The Bertz CT molecular complexity index is 527. The van der Waals surface area contributed by atoms with Crippen LogP contribution in [0.15, 0.2) is 12.1 Å². The van der Waals surface area contributed by atoms with E-state index in [1.165, 1.54) is 13.0 Å². The fraction of sp³-hybridized carbons (Fsp3) is 0.462. The van der Waals surface area contributed by atoms with Crippen molar-refractivity contribution in [3.63, 3.8) is 0 Å². The molecule has 0 aliphatic carbocycles. The molecule has 21 heavy (non-hydrogen) atoms. The molecule has 1 rings (SSSR count). The molecule has 0 saturated carbocycles. The molecule has 0 unspecified atom stereocenters. The van der Waals surface area contributed by atoms with E-state index in [0.717, 1.165) is 6.07 Å². The van der Waals surface area contributed by atoms with Crippen molar-refractivity contribution < 1.29 is 73.9 Å². The van der Waals surface area contributed by atoms with Gasteiger partial charge in [0, 0.05) is 5.69 Å². The van der Waals surface area contributed by atoms with Gasteiger partial charge < -0.3 is 23.4 Å². The Hall–Kier alpha value is -0.0187.